The first-order chi connectivity index (χ1) is 11.6. The van der Waals surface area contributed by atoms with Crippen molar-refractivity contribution in [3.63, 3.8) is 0 Å². The van der Waals surface area contributed by atoms with Gasteiger partial charge >= 0.3 is 5.97 Å². The van der Waals surface area contributed by atoms with Crippen LogP contribution in [0, 0.1) is 0 Å². The third kappa shape index (κ3) is 11.2. The van der Waals surface area contributed by atoms with Crippen molar-refractivity contribution < 1.29 is 14.0 Å². The van der Waals surface area contributed by atoms with Gasteiger partial charge in [-0.3, -0.25) is 0 Å². The van der Waals surface area contributed by atoms with Crippen molar-refractivity contribution in [2.45, 2.75) is 84.5 Å². The molecule has 3 nitrogen and oxygen atoms in total. The average molecular weight is 367 g/mol. The van der Waals surface area contributed by atoms with E-state index < -0.39 is 8.32 Å². The first kappa shape index (κ1) is 23.9. The standard InChI is InChI=1S/C21H38O3Si/c1-8-10-13-16-19(24-25(6,7)21(3,4)5)17-14-11-12-15-18-20(22)23-9-2/h11-12,14-15,17-19H,8-10,13,16H2,1-7H3/b12-11+,17-14+,18-15+/t19-/m1/s1. The minimum Gasteiger partial charge on any atom is -0.463 e. The minimum absolute atomic E-state index is 0.158. The molecule has 0 saturated heterocycles. The van der Waals surface area contributed by atoms with E-state index in [0.29, 0.717) is 6.61 Å². The van der Waals surface area contributed by atoms with Crippen LogP contribution in [0.5, 0.6) is 0 Å². The predicted molar refractivity (Wildman–Crippen MR) is 110 cm³/mol. The van der Waals surface area contributed by atoms with Gasteiger partial charge in [0, 0.05) is 6.08 Å². The van der Waals surface area contributed by atoms with E-state index >= 15 is 0 Å². The van der Waals surface area contributed by atoms with Crippen LogP contribution < -0.4 is 0 Å². The van der Waals surface area contributed by atoms with Crippen molar-refractivity contribution in [2.75, 3.05) is 6.61 Å². The lowest BCUT2D eigenvalue weighted by Crippen LogP contribution is -2.43. The summed E-state index contributed by atoms with van der Waals surface area (Å²) < 4.78 is 11.4. The molecule has 25 heavy (non-hydrogen) atoms. The molecule has 0 saturated carbocycles. The Balaban J connectivity index is 4.74. The molecule has 144 valence electrons. The second-order valence-corrected chi connectivity index (χ2v) is 12.5. The molecule has 1 atom stereocenters. The van der Waals surface area contributed by atoms with Gasteiger partial charge in [0.05, 0.1) is 12.7 Å². The summed E-state index contributed by atoms with van der Waals surface area (Å²) in [7, 11) is -1.78. The minimum atomic E-state index is -1.78. The van der Waals surface area contributed by atoms with Gasteiger partial charge in [0.25, 0.3) is 0 Å². The summed E-state index contributed by atoms with van der Waals surface area (Å²) in [5.41, 5.74) is 0. The Labute approximate surface area is 156 Å². The molecule has 0 aromatic rings. The lowest BCUT2D eigenvalue weighted by atomic mass is 10.1. The summed E-state index contributed by atoms with van der Waals surface area (Å²) in [6.45, 7) is 15.8. The number of hydrogen-bond donors (Lipinski definition) is 0. The van der Waals surface area contributed by atoms with E-state index in [0.717, 1.165) is 6.42 Å². The fourth-order valence-electron chi connectivity index (χ4n) is 1.99. The van der Waals surface area contributed by atoms with Gasteiger partial charge in [0.1, 0.15) is 0 Å². The zero-order valence-corrected chi connectivity index (χ0v) is 18.3. The quantitative estimate of drug-likeness (QED) is 0.144. The Morgan fingerprint density at radius 2 is 1.68 bits per heavy atom. The van der Waals surface area contributed by atoms with Crippen LogP contribution in [0.15, 0.2) is 36.5 Å². The topological polar surface area (TPSA) is 35.5 Å². The van der Waals surface area contributed by atoms with E-state index in [1.807, 2.05) is 18.2 Å². The molecule has 4 heteroatoms. The number of allylic oxidation sites excluding steroid dienone is 4. The number of esters is 1. The SMILES string of the molecule is CCCCC[C@H](/C=C/C=C/C=C/C(=O)OCC)O[Si](C)(C)C(C)(C)C. The van der Waals surface area contributed by atoms with Crippen molar-refractivity contribution in [3.8, 4) is 0 Å². The number of rotatable bonds is 11. The monoisotopic (exact) mass is 366 g/mol. The van der Waals surface area contributed by atoms with Crippen LogP contribution in [-0.2, 0) is 14.0 Å². The van der Waals surface area contributed by atoms with Crippen molar-refractivity contribution in [3.05, 3.63) is 36.5 Å². The highest BCUT2D eigenvalue weighted by atomic mass is 28.4. The number of carbonyl (C=O) groups is 1. The fourth-order valence-corrected chi connectivity index (χ4v) is 3.29. The lowest BCUT2D eigenvalue weighted by Gasteiger charge is -2.38. The Morgan fingerprint density at radius 1 is 1.04 bits per heavy atom. The van der Waals surface area contributed by atoms with E-state index in [4.69, 9.17) is 9.16 Å². The van der Waals surface area contributed by atoms with Crippen molar-refractivity contribution in [1.82, 2.24) is 0 Å². The molecular weight excluding hydrogens is 328 g/mol. The normalized spacial score (nSPS) is 14.7. The van der Waals surface area contributed by atoms with Gasteiger partial charge in [-0.15, -0.1) is 0 Å². The van der Waals surface area contributed by atoms with E-state index in [-0.39, 0.29) is 17.1 Å². The zero-order valence-electron chi connectivity index (χ0n) is 17.3. The molecule has 0 bridgehead atoms. The molecule has 0 unspecified atom stereocenters. The van der Waals surface area contributed by atoms with Crippen LogP contribution in [0.4, 0.5) is 0 Å². The second-order valence-electron chi connectivity index (χ2n) is 7.79. The number of unbranched alkanes of at least 4 members (excludes halogenated alkanes) is 2. The van der Waals surface area contributed by atoms with Crippen LogP contribution >= 0.6 is 0 Å². The van der Waals surface area contributed by atoms with E-state index in [2.05, 4.69) is 46.9 Å². The van der Waals surface area contributed by atoms with Gasteiger partial charge < -0.3 is 9.16 Å². The molecular formula is C21H38O3Si. The maximum atomic E-state index is 11.2. The highest BCUT2D eigenvalue weighted by Gasteiger charge is 2.38. The van der Waals surface area contributed by atoms with E-state index in [9.17, 15) is 4.79 Å². The molecule has 0 amide bonds. The van der Waals surface area contributed by atoms with Gasteiger partial charge in [0.2, 0.25) is 0 Å². The van der Waals surface area contributed by atoms with E-state index in [1.54, 1.807) is 13.0 Å². The summed E-state index contributed by atoms with van der Waals surface area (Å²) in [6.07, 6.45) is 15.9. The van der Waals surface area contributed by atoms with Crippen LogP contribution in [-0.4, -0.2) is 27.0 Å². The summed E-state index contributed by atoms with van der Waals surface area (Å²) in [5.74, 6) is -0.310. The first-order valence-corrected chi connectivity index (χ1v) is 12.4. The molecule has 0 aliphatic carbocycles. The van der Waals surface area contributed by atoms with Crippen LogP contribution in [0.1, 0.15) is 60.3 Å². The van der Waals surface area contributed by atoms with Crippen molar-refractivity contribution >= 4 is 14.3 Å². The number of carbonyl (C=O) groups excluding carboxylic acids is 1. The maximum Gasteiger partial charge on any atom is 0.330 e. The Morgan fingerprint density at radius 3 is 2.24 bits per heavy atom. The number of hydrogen-bond acceptors (Lipinski definition) is 3. The summed E-state index contributed by atoms with van der Waals surface area (Å²) in [6, 6.07) is 0. The molecule has 0 aliphatic heterocycles. The first-order valence-electron chi connectivity index (χ1n) is 9.50. The molecule has 0 aromatic heterocycles. The predicted octanol–water partition coefficient (Wildman–Crippen LogP) is 6.19. The summed E-state index contributed by atoms with van der Waals surface area (Å²) >= 11 is 0. The van der Waals surface area contributed by atoms with Gasteiger partial charge in [-0.1, -0.05) is 77.3 Å². The smallest absolute Gasteiger partial charge is 0.330 e. The van der Waals surface area contributed by atoms with Crippen LogP contribution in [0.25, 0.3) is 0 Å². The second kappa shape index (κ2) is 12.3. The third-order valence-corrected chi connectivity index (χ3v) is 9.03. The highest BCUT2D eigenvalue weighted by molar-refractivity contribution is 6.74. The van der Waals surface area contributed by atoms with E-state index in [1.165, 1.54) is 25.3 Å². The molecule has 0 fully saturated rings. The lowest BCUT2D eigenvalue weighted by molar-refractivity contribution is -0.137. The molecule has 0 heterocycles. The average Bonchev–Trinajstić information content (AvgIpc) is 2.49. The molecule has 0 radical (unpaired) electrons. The van der Waals surface area contributed by atoms with Gasteiger partial charge in [0.15, 0.2) is 8.32 Å². The Hall–Kier alpha value is -1.13. The Kier molecular flexibility index (Phi) is 11.7. The maximum absolute atomic E-state index is 11.2. The van der Waals surface area contributed by atoms with Gasteiger partial charge in [-0.2, -0.15) is 0 Å². The largest absolute Gasteiger partial charge is 0.463 e. The van der Waals surface area contributed by atoms with Crippen LogP contribution in [0.3, 0.4) is 0 Å². The van der Waals surface area contributed by atoms with Crippen molar-refractivity contribution in [2.24, 2.45) is 0 Å². The zero-order chi connectivity index (χ0) is 19.3. The molecule has 0 spiro atoms. The molecule has 0 aliphatic rings. The molecule has 0 N–H and O–H groups in total. The third-order valence-electron chi connectivity index (χ3n) is 4.52. The van der Waals surface area contributed by atoms with Gasteiger partial charge in [-0.05, 0) is 31.5 Å². The summed E-state index contributed by atoms with van der Waals surface area (Å²) in [5, 5.41) is 0.210. The number of ether oxygens (including phenoxy) is 1. The Bertz CT molecular complexity index is 456. The van der Waals surface area contributed by atoms with Crippen molar-refractivity contribution in [1.29, 1.82) is 0 Å². The highest BCUT2D eigenvalue weighted by Crippen LogP contribution is 2.37. The molecule has 0 rings (SSSR count). The summed E-state index contributed by atoms with van der Waals surface area (Å²) in [4.78, 5) is 11.2. The van der Waals surface area contributed by atoms with Gasteiger partial charge in [-0.25, -0.2) is 4.79 Å². The van der Waals surface area contributed by atoms with Crippen LogP contribution in [0.2, 0.25) is 18.1 Å². The fraction of sp³-hybridized carbons (Fsp3) is 0.667. The molecule has 0 aromatic carbocycles.